The number of rotatable bonds is 6. The molecule has 1 saturated heterocycles. The van der Waals surface area contributed by atoms with Crippen LogP contribution in [-0.4, -0.2) is 60.9 Å². The molecule has 0 aromatic heterocycles. The third kappa shape index (κ3) is 4.51. The third-order valence-corrected chi connectivity index (χ3v) is 5.08. The zero-order valence-corrected chi connectivity index (χ0v) is 15.0. The molecule has 136 valence electrons. The van der Waals surface area contributed by atoms with Gasteiger partial charge in [0, 0.05) is 38.6 Å². The average Bonchev–Trinajstić information content (AvgIpc) is 3.50. The second-order valence-corrected chi connectivity index (χ2v) is 6.88. The zero-order chi connectivity index (χ0) is 17.8. The Labute approximate surface area is 149 Å². The maximum absolute atomic E-state index is 12.4. The van der Waals surface area contributed by atoms with Crippen molar-refractivity contribution in [3.63, 3.8) is 0 Å². The largest absolute Gasteiger partial charge is 0.497 e. The fraction of sp³-hybridized carbons (Fsp3) is 0.579. The minimum atomic E-state index is -0.191. The topological polar surface area (TPSA) is 61.9 Å². The van der Waals surface area contributed by atoms with E-state index in [1.165, 1.54) is 0 Å². The predicted molar refractivity (Wildman–Crippen MR) is 95.2 cm³/mol. The normalized spacial score (nSPS) is 19.4. The molecule has 6 heteroatoms. The van der Waals surface area contributed by atoms with Gasteiger partial charge in [-0.2, -0.15) is 0 Å². The van der Waals surface area contributed by atoms with Gasteiger partial charge in [-0.3, -0.25) is 14.5 Å². The molecule has 2 aliphatic rings. The van der Waals surface area contributed by atoms with Crippen LogP contribution in [0.1, 0.15) is 25.3 Å². The Bertz CT molecular complexity index is 622. The first kappa shape index (κ1) is 17.7. The molecule has 6 nitrogen and oxygen atoms in total. The Hall–Kier alpha value is -2.08. The first-order valence-electron chi connectivity index (χ1n) is 9.02. The number of nitrogens with one attached hydrogen (secondary N) is 1. The number of benzene rings is 1. The van der Waals surface area contributed by atoms with E-state index in [2.05, 4.69) is 10.2 Å². The van der Waals surface area contributed by atoms with Gasteiger partial charge < -0.3 is 15.0 Å². The summed E-state index contributed by atoms with van der Waals surface area (Å²) in [6.07, 6.45) is 2.09. The Kier molecular flexibility index (Phi) is 5.58. The Morgan fingerprint density at radius 1 is 1.24 bits per heavy atom. The molecule has 2 fully saturated rings. The first-order chi connectivity index (χ1) is 12.1. The molecule has 1 atom stereocenters. The molecule has 0 bridgehead atoms. The zero-order valence-electron chi connectivity index (χ0n) is 15.0. The van der Waals surface area contributed by atoms with Crippen molar-refractivity contribution in [1.29, 1.82) is 0 Å². The fourth-order valence-electron chi connectivity index (χ4n) is 3.20. The van der Waals surface area contributed by atoms with Gasteiger partial charge in [0.1, 0.15) is 5.75 Å². The molecule has 1 saturated carbocycles. The summed E-state index contributed by atoms with van der Waals surface area (Å²) < 4.78 is 5.20. The van der Waals surface area contributed by atoms with E-state index in [1.54, 1.807) is 7.11 Å². The van der Waals surface area contributed by atoms with Crippen LogP contribution in [-0.2, 0) is 16.1 Å². The summed E-state index contributed by atoms with van der Waals surface area (Å²) in [5, 5.41) is 2.99. The fourth-order valence-corrected chi connectivity index (χ4v) is 3.20. The lowest BCUT2D eigenvalue weighted by Crippen LogP contribution is -2.55. The number of carbonyl (C=O) groups is 2. The van der Waals surface area contributed by atoms with E-state index in [0.29, 0.717) is 12.5 Å². The average molecular weight is 345 g/mol. The van der Waals surface area contributed by atoms with Crippen molar-refractivity contribution in [2.75, 3.05) is 33.3 Å². The van der Waals surface area contributed by atoms with Gasteiger partial charge in [-0.05, 0) is 37.5 Å². The molecule has 1 unspecified atom stereocenters. The van der Waals surface area contributed by atoms with Crippen LogP contribution in [0.5, 0.6) is 5.75 Å². The van der Waals surface area contributed by atoms with Crippen molar-refractivity contribution < 1.29 is 14.3 Å². The van der Waals surface area contributed by atoms with E-state index in [9.17, 15) is 9.59 Å². The first-order valence-corrected chi connectivity index (χ1v) is 9.02. The number of carbonyl (C=O) groups excluding carboxylic acids is 2. The molecule has 1 aromatic rings. The Morgan fingerprint density at radius 2 is 1.96 bits per heavy atom. The molecular weight excluding hydrogens is 318 g/mol. The lowest BCUT2D eigenvalue weighted by atomic mass is 10.2. The SMILES string of the molecule is COc1cccc(CNC(=O)C(C)N2CCN(C(=O)C3CC3)CC2)c1. The van der Waals surface area contributed by atoms with Gasteiger partial charge in [0.25, 0.3) is 0 Å². The molecule has 1 aliphatic carbocycles. The summed E-state index contributed by atoms with van der Waals surface area (Å²) in [5.41, 5.74) is 1.01. The van der Waals surface area contributed by atoms with Crippen molar-refractivity contribution in [3.05, 3.63) is 29.8 Å². The van der Waals surface area contributed by atoms with Gasteiger partial charge in [0.2, 0.25) is 11.8 Å². The van der Waals surface area contributed by atoms with Crippen LogP contribution in [0.3, 0.4) is 0 Å². The third-order valence-electron chi connectivity index (χ3n) is 5.08. The van der Waals surface area contributed by atoms with Crippen molar-refractivity contribution >= 4 is 11.8 Å². The number of hydrogen-bond donors (Lipinski definition) is 1. The number of methoxy groups -OCH3 is 1. The van der Waals surface area contributed by atoms with Crippen LogP contribution in [0.2, 0.25) is 0 Å². The monoisotopic (exact) mass is 345 g/mol. The van der Waals surface area contributed by atoms with E-state index in [1.807, 2.05) is 36.1 Å². The number of nitrogens with zero attached hydrogens (tertiary/aromatic N) is 2. The highest BCUT2D eigenvalue weighted by molar-refractivity contribution is 5.82. The van der Waals surface area contributed by atoms with E-state index < -0.39 is 0 Å². The summed E-state index contributed by atoms with van der Waals surface area (Å²) in [5.74, 6) is 1.38. The van der Waals surface area contributed by atoms with Gasteiger partial charge in [-0.15, -0.1) is 0 Å². The maximum atomic E-state index is 12.4. The second kappa shape index (κ2) is 7.87. The van der Waals surface area contributed by atoms with Gasteiger partial charge in [-0.25, -0.2) is 0 Å². The summed E-state index contributed by atoms with van der Waals surface area (Å²) in [6.45, 7) is 5.38. The Balaban J connectivity index is 1.45. The van der Waals surface area contributed by atoms with Crippen LogP contribution in [0, 0.1) is 5.92 Å². The molecule has 0 radical (unpaired) electrons. The van der Waals surface area contributed by atoms with Gasteiger partial charge in [-0.1, -0.05) is 12.1 Å². The summed E-state index contributed by atoms with van der Waals surface area (Å²) in [6, 6.07) is 7.50. The van der Waals surface area contributed by atoms with Crippen molar-refractivity contribution in [2.45, 2.75) is 32.4 Å². The van der Waals surface area contributed by atoms with Gasteiger partial charge in [0.15, 0.2) is 0 Å². The van der Waals surface area contributed by atoms with E-state index in [-0.39, 0.29) is 17.9 Å². The van der Waals surface area contributed by atoms with Gasteiger partial charge in [0.05, 0.1) is 13.2 Å². The molecular formula is C19H27N3O3. The van der Waals surface area contributed by atoms with Crippen molar-refractivity contribution in [3.8, 4) is 5.75 Å². The smallest absolute Gasteiger partial charge is 0.237 e. The van der Waals surface area contributed by atoms with Crippen molar-refractivity contribution in [2.24, 2.45) is 5.92 Å². The van der Waals surface area contributed by atoms with Crippen LogP contribution in [0.25, 0.3) is 0 Å². The van der Waals surface area contributed by atoms with E-state index >= 15 is 0 Å². The van der Waals surface area contributed by atoms with E-state index in [4.69, 9.17) is 4.74 Å². The molecule has 1 N–H and O–H groups in total. The van der Waals surface area contributed by atoms with Crippen LogP contribution in [0.4, 0.5) is 0 Å². The molecule has 2 amide bonds. The minimum Gasteiger partial charge on any atom is -0.497 e. The number of piperazine rings is 1. The number of hydrogen-bond acceptors (Lipinski definition) is 4. The molecule has 25 heavy (non-hydrogen) atoms. The molecule has 1 heterocycles. The Morgan fingerprint density at radius 3 is 2.60 bits per heavy atom. The van der Waals surface area contributed by atoms with Gasteiger partial charge >= 0.3 is 0 Å². The number of ether oxygens (including phenoxy) is 1. The lowest BCUT2D eigenvalue weighted by molar-refractivity contribution is -0.135. The predicted octanol–water partition coefficient (Wildman–Crippen LogP) is 1.25. The lowest BCUT2D eigenvalue weighted by Gasteiger charge is -2.37. The highest BCUT2D eigenvalue weighted by atomic mass is 16.5. The van der Waals surface area contributed by atoms with Crippen molar-refractivity contribution in [1.82, 2.24) is 15.1 Å². The molecule has 1 aliphatic heterocycles. The summed E-state index contributed by atoms with van der Waals surface area (Å²) in [4.78, 5) is 28.6. The molecule has 1 aromatic carbocycles. The quantitative estimate of drug-likeness (QED) is 0.843. The van der Waals surface area contributed by atoms with E-state index in [0.717, 1.165) is 50.3 Å². The van der Waals surface area contributed by atoms with Crippen LogP contribution >= 0.6 is 0 Å². The van der Waals surface area contributed by atoms with Crippen LogP contribution < -0.4 is 10.1 Å². The molecule has 0 spiro atoms. The van der Waals surface area contributed by atoms with Crippen LogP contribution in [0.15, 0.2) is 24.3 Å². The molecule has 3 rings (SSSR count). The minimum absolute atomic E-state index is 0.0183. The number of amides is 2. The summed E-state index contributed by atoms with van der Waals surface area (Å²) in [7, 11) is 1.63. The highest BCUT2D eigenvalue weighted by Gasteiger charge is 2.35. The second-order valence-electron chi connectivity index (χ2n) is 6.88. The standard InChI is InChI=1S/C19H27N3O3/c1-14(18(23)20-13-15-4-3-5-17(12-15)25-2)21-8-10-22(11-9-21)19(24)16-6-7-16/h3-5,12,14,16H,6-11,13H2,1-2H3,(H,20,23). The highest BCUT2D eigenvalue weighted by Crippen LogP contribution is 2.31. The summed E-state index contributed by atoms with van der Waals surface area (Å²) >= 11 is 0. The maximum Gasteiger partial charge on any atom is 0.237 e.